The quantitative estimate of drug-likeness (QED) is 0.657. The first-order chi connectivity index (χ1) is 15.0. The Labute approximate surface area is 184 Å². The van der Waals surface area contributed by atoms with Crippen LogP contribution in [0.25, 0.3) is 11.4 Å². The van der Waals surface area contributed by atoms with Gasteiger partial charge in [0.05, 0.1) is 5.02 Å². The maximum atomic E-state index is 12.7. The van der Waals surface area contributed by atoms with Crippen LogP contribution in [-0.2, 0) is 11.2 Å². The van der Waals surface area contributed by atoms with Gasteiger partial charge in [0.25, 0.3) is 5.56 Å². The lowest BCUT2D eigenvalue weighted by molar-refractivity contribution is -0.131. The highest BCUT2D eigenvalue weighted by Gasteiger charge is 2.22. The van der Waals surface area contributed by atoms with Gasteiger partial charge in [0.1, 0.15) is 11.6 Å². The summed E-state index contributed by atoms with van der Waals surface area (Å²) < 4.78 is 0. The molecule has 4 heterocycles. The van der Waals surface area contributed by atoms with Crippen molar-refractivity contribution in [3.05, 3.63) is 69.5 Å². The lowest BCUT2D eigenvalue weighted by atomic mass is 10.1. The fourth-order valence-corrected chi connectivity index (χ4v) is 3.79. The van der Waals surface area contributed by atoms with Gasteiger partial charge in [0, 0.05) is 68.0 Å². The maximum absolute atomic E-state index is 12.7. The Kier molecular flexibility index (Phi) is 6.27. The highest BCUT2D eigenvalue weighted by Crippen LogP contribution is 2.17. The Morgan fingerprint density at radius 2 is 1.87 bits per heavy atom. The molecule has 1 fully saturated rings. The van der Waals surface area contributed by atoms with Crippen molar-refractivity contribution in [3.63, 3.8) is 0 Å². The first kappa shape index (κ1) is 21.0. The largest absolute Gasteiger partial charge is 0.353 e. The number of nitrogens with one attached hydrogen (secondary N) is 1. The molecule has 160 valence electrons. The number of H-pyrrole nitrogens is 1. The van der Waals surface area contributed by atoms with Crippen LogP contribution in [0.1, 0.15) is 17.7 Å². The number of hydrogen-bond donors (Lipinski definition) is 1. The van der Waals surface area contributed by atoms with Crippen LogP contribution in [0.5, 0.6) is 0 Å². The molecule has 0 aliphatic carbocycles. The predicted octanol–water partition coefficient (Wildman–Crippen LogP) is 2.47. The second-order valence-corrected chi connectivity index (χ2v) is 7.85. The summed E-state index contributed by atoms with van der Waals surface area (Å²) in [5.41, 5.74) is 1.79. The van der Waals surface area contributed by atoms with Gasteiger partial charge in [0.15, 0.2) is 0 Å². The summed E-state index contributed by atoms with van der Waals surface area (Å²) in [6.07, 6.45) is 5.57. The number of halogens is 1. The lowest BCUT2D eigenvalue weighted by Crippen LogP contribution is -2.49. The molecule has 0 atom stereocenters. The van der Waals surface area contributed by atoms with Gasteiger partial charge in [0.2, 0.25) is 5.91 Å². The minimum atomic E-state index is -0.203. The number of anilines is 1. The summed E-state index contributed by atoms with van der Waals surface area (Å²) in [6, 6.07) is 7.28. The van der Waals surface area contributed by atoms with Crippen molar-refractivity contribution < 1.29 is 4.79 Å². The molecule has 0 spiro atoms. The minimum Gasteiger partial charge on any atom is -0.353 e. The van der Waals surface area contributed by atoms with Crippen LogP contribution in [0.15, 0.2) is 47.7 Å². The van der Waals surface area contributed by atoms with Crippen molar-refractivity contribution in [2.45, 2.75) is 19.8 Å². The molecular weight excluding hydrogens is 416 g/mol. The number of aryl methyl sites for hydroxylation is 1. The third kappa shape index (κ3) is 4.91. The van der Waals surface area contributed by atoms with Gasteiger partial charge in [-0.2, -0.15) is 0 Å². The number of carbonyl (C=O) groups is 1. The molecule has 3 aromatic rings. The monoisotopic (exact) mass is 438 g/mol. The molecule has 0 radical (unpaired) electrons. The van der Waals surface area contributed by atoms with Gasteiger partial charge < -0.3 is 14.8 Å². The van der Waals surface area contributed by atoms with Crippen molar-refractivity contribution in [2.24, 2.45) is 0 Å². The number of hydrogen-bond acceptors (Lipinski definition) is 6. The van der Waals surface area contributed by atoms with Crippen molar-refractivity contribution in [1.82, 2.24) is 24.8 Å². The van der Waals surface area contributed by atoms with Crippen molar-refractivity contribution in [3.8, 4) is 11.4 Å². The van der Waals surface area contributed by atoms with E-state index in [0.29, 0.717) is 54.7 Å². The van der Waals surface area contributed by atoms with Gasteiger partial charge in [-0.3, -0.25) is 14.6 Å². The Bertz CT molecular complexity index is 1110. The summed E-state index contributed by atoms with van der Waals surface area (Å²) in [6.45, 7) is 4.47. The smallest absolute Gasteiger partial charge is 0.254 e. The molecule has 4 rings (SSSR count). The minimum absolute atomic E-state index is 0.0423. The molecule has 1 saturated heterocycles. The summed E-state index contributed by atoms with van der Waals surface area (Å²) in [5.74, 6) is 1.41. The van der Waals surface area contributed by atoms with Gasteiger partial charge in [-0.1, -0.05) is 11.6 Å². The van der Waals surface area contributed by atoms with E-state index in [1.54, 1.807) is 37.6 Å². The Morgan fingerprint density at radius 3 is 2.52 bits per heavy atom. The summed E-state index contributed by atoms with van der Waals surface area (Å²) in [4.78, 5) is 44.9. The molecule has 1 amide bonds. The number of aromatic nitrogens is 4. The fraction of sp³-hybridized carbons (Fsp3) is 0.318. The standard InChI is InChI=1S/C22H23ClN6O2/c1-15-18(22(31)27-21(26-15)16-6-8-24-9-7-16)3-5-20(30)29-12-10-28(11-13-29)19-4-2-17(23)14-25-19/h2,4,6-9,14H,3,5,10-13H2,1H3,(H,26,27,31). The molecule has 31 heavy (non-hydrogen) atoms. The second-order valence-electron chi connectivity index (χ2n) is 7.42. The first-order valence-electron chi connectivity index (χ1n) is 10.2. The Hall–Kier alpha value is -3.26. The van der Waals surface area contributed by atoms with Crippen LogP contribution in [0.4, 0.5) is 5.82 Å². The predicted molar refractivity (Wildman–Crippen MR) is 119 cm³/mol. The molecule has 0 unspecified atom stereocenters. The van der Waals surface area contributed by atoms with Crippen LogP contribution in [0.2, 0.25) is 5.02 Å². The van der Waals surface area contributed by atoms with E-state index in [1.807, 2.05) is 17.0 Å². The van der Waals surface area contributed by atoms with E-state index in [2.05, 4.69) is 24.8 Å². The van der Waals surface area contributed by atoms with Gasteiger partial charge in [-0.25, -0.2) is 9.97 Å². The molecular formula is C22H23ClN6O2. The number of pyridine rings is 2. The van der Waals surface area contributed by atoms with Gasteiger partial charge in [-0.15, -0.1) is 0 Å². The average molecular weight is 439 g/mol. The van der Waals surface area contributed by atoms with Crippen molar-refractivity contribution >= 4 is 23.3 Å². The van der Waals surface area contributed by atoms with Crippen LogP contribution in [0.3, 0.4) is 0 Å². The Morgan fingerprint density at radius 1 is 1.13 bits per heavy atom. The molecule has 0 bridgehead atoms. The SMILES string of the molecule is Cc1nc(-c2ccncc2)[nH]c(=O)c1CCC(=O)N1CCN(c2ccc(Cl)cn2)CC1. The number of piperazine rings is 1. The van der Waals surface area contributed by atoms with Crippen molar-refractivity contribution in [1.29, 1.82) is 0 Å². The first-order valence-corrected chi connectivity index (χ1v) is 10.5. The molecule has 1 aliphatic heterocycles. The van der Waals surface area contributed by atoms with Crippen LogP contribution in [-0.4, -0.2) is 56.9 Å². The third-order valence-electron chi connectivity index (χ3n) is 5.43. The zero-order chi connectivity index (χ0) is 21.8. The van der Waals surface area contributed by atoms with Gasteiger partial charge >= 0.3 is 0 Å². The van der Waals surface area contributed by atoms with E-state index in [4.69, 9.17) is 11.6 Å². The van der Waals surface area contributed by atoms with E-state index in [1.165, 1.54) is 0 Å². The molecule has 3 aromatic heterocycles. The third-order valence-corrected chi connectivity index (χ3v) is 5.66. The van der Waals surface area contributed by atoms with E-state index in [0.717, 1.165) is 11.4 Å². The molecule has 1 N–H and O–H groups in total. The lowest BCUT2D eigenvalue weighted by Gasteiger charge is -2.35. The van der Waals surface area contributed by atoms with E-state index < -0.39 is 0 Å². The molecule has 8 nitrogen and oxygen atoms in total. The normalized spacial score (nSPS) is 14.0. The molecule has 0 saturated carbocycles. The summed E-state index contributed by atoms with van der Waals surface area (Å²) >= 11 is 5.90. The highest BCUT2D eigenvalue weighted by atomic mass is 35.5. The molecule has 0 aromatic carbocycles. The van der Waals surface area contributed by atoms with Crippen LogP contribution >= 0.6 is 11.6 Å². The number of nitrogens with zero attached hydrogens (tertiary/aromatic N) is 5. The maximum Gasteiger partial charge on any atom is 0.254 e. The highest BCUT2D eigenvalue weighted by molar-refractivity contribution is 6.30. The Balaban J connectivity index is 1.35. The fourth-order valence-electron chi connectivity index (χ4n) is 3.68. The van der Waals surface area contributed by atoms with Crippen LogP contribution in [0, 0.1) is 6.92 Å². The number of carbonyl (C=O) groups excluding carboxylic acids is 1. The van der Waals surface area contributed by atoms with Gasteiger partial charge in [-0.05, 0) is 37.6 Å². The van der Waals surface area contributed by atoms with Crippen molar-refractivity contribution in [2.75, 3.05) is 31.1 Å². The number of aromatic amines is 1. The number of rotatable bonds is 5. The van der Waals surface area contributed by atoms with Crippen LogP contribution < -0.4 is 10.5 Å². The zero-order valence-corrected chi connectivity index (χ0v) is 18.0. The van der Waals surface area contributed by atoms with E-state index >= 15 is 0 Å². The molecule has 1 aliphatic rings. The number of amides is 1. The average Bonchev–Trinajstić information content (AvgIpc) is 2.79. The van der Waals surface area contributed by atoms with E-state index in [-0.39, 0.29) is 17.9 Å². The zero-order valence-electron chi connectivity index (χ0n) is 17.2. The molecule has 9 heteroatoms. The summed E-state index contributed by atoms with van der Waals surface area (Å²) in [7, 11) is 0. The summed E-state index contributed by atoms with van der Waals surface area (Å²) in [5, 5.41) is 0.603. The second kappa shape index (κ2) is 9.26. The van der Waals surface area contributed by atoms with E-state index in [9.17, 15) is 9.59 Å². The topological polar surface area (TPSA) is 95.1 Å².